The van der Waals surface area contributed by atoms with Crippen LogP contribution in [-0.2, 0) is 17.7 Å². The number of aliphatic imine (C=N–C) groups is 1. The second-order valence-corrected chi connectivity index (χ2v) is 13.5. The fourth-order valence-corrected chi connectivity index (χ4v) is 7.65. The Morgan fingerprint density at radius 2 is 2.00 bits per heavy atom. The van der Waals surface area contributed by atoms with Gasteiger partial charge in [0.05, 0.1) is 36.0 Å². The Morgan fingerprint density at radius 1 is 1.17 bits per heavy atom. The third-order valence-corrected chi connectivity index (χ3v) is 10.4. The van der Waals surface area contributed by atoms with Crippen molar-refractivity contribution in [2.45, 2.75) is 65.6 Å². The number of morpholine rings is 1. The zero-order valence-electron chi connectivity index (χ0n) is 24.2. The second kappa shape index (κ2) is 11.2. The van der Waals surface area contributed by atoms with Crippen LogP contribution in [-0.4, -0.2) is 52.3 Å². The lowest BCUT2D eigenvalue weighted by Crippen LogP contribution is -2.57. The van der Waals surface area contributed by atoms with Crippen LogP contribution in [0.4, 0.5) is 5.69 Å². The smallest absolute Gasteiger partial charge is 0.261 e. The van der Waals surface area contributed by atoms with E-state index >= 15 is 0 Å². The standard InChI is InChI=1S/C32H39Cl2N5O2/c1-19-17-38(11-12-41-19)31(37-28-14-22-13-26(20(28)2)32(22,3)4)36-24-7-8-25-29(16-24)35-18-39(30(25)40)10-9-21-5-6-23(33)15-27(21)34/h5-8,15-16,18-20,22,26,28H,9-14,17H2,1-4H3,(H,36,37)/t19?,20-,22-,26+,28-/m0/s1. The van der Waals surface area contributed by atoms with Crippen LogP contribution < -0.4 is 10.9 Å². The maximum absolute atomic E-state index is 13.3. The van der Waals surface area contributed by atoms with Gasteiger partial charge in [-0.25, -0.2) is 9.98 Å². The first-order valence-electron chi connectivity index (χ1n) is 14.7. The second-order valence-electron chi connectivity index (χ2n) is 12.7. The maximum atomic E-state index is 13.3. The number of aryl methyl sites for hydroxylation is 2. The van der Waals surface area contributed by atoms with Gasteiger partial charge in [0.2, 0.25) is 0 Å². The lowest BCUT2D eigenvalue weighted by atomic mass is 9.45. The van der Waals surface area contributed by atoms with Crippen LogP contribution in [0.1, 0.15) is 46.1 Å². The number of hydrogen-bond acceptors (Lipinski definition) is 4. The fourth-order valence-electron chi connectivity index (χ4n) is 7.14. The molecule has 2 heterocycles. The summed E-state index contributed by atoms with van der Waals surface area (Å²) in [6.45, 7) is 12.1. The van der Waals surface area contributed by atoms with Gasteiger partial charge in [-0.1, -0.05) is 50.0 Å². The molecule has 7 rings (SSSR count). The van der Waals surface area contributed by atoms with Crippen molar-refractivity contribution in [2.75, 3.05) is 25.0 Å². The molecule has 0 radical (unpaired) electrons. The Labute approximate surface area is 251 Å². The summed E-state index contributed by atoms with van der Waals surface area (Å²) in [7, 11) is 0. The van der Waals surface area contributed by atoms with Crippen molar-refractivity contribution in [3.05, 3.63) is 68.7 Å². The first-order chi connectivity index (χ1) is 19.6. The van der Waals surface area contributed by atoms with Crippen LogP contribution in [0.25, 0.3) is 10.9 Å². The Hall–Kier alpha value is -2.61. The van der Waals surface area contributed by atoms with Crippen molar-refractivity contribution in [1.82, 2.24) is 14.5 Å². The van der Waals surface area contributed by atoms with Crippen molar-refractivity contribution in [2.24, 2.45) is 28.2 Å². The van der Waals surface area contributed by atoms with E-state index in [2.05, 4.69) is 42.9 Å². The number of anilines is 1. The number of nitrogens with one attached hydrogen (secondary N) is 1. The van der Waals surface area contributed by atoms with Gasteiger partial charge in [0.25, 0.3) is 5.56 Å². The van der Waals surface area contributed by atoms with Gasteiger partial charge in [0, 0.05) is 35.4 Å². The van der Waals surface area contributed by atoms with E-state index in [0.29, 0.717) is 57.9 Å². The summed E-state index contributed by atoms with van der Waals surface area (Å²) >= 11 is 12.4. The van der Waals surface area contributed by atoms with Gasteiger partial charge >= 0.3 is 0 Å². The summed E-state index contributed by atoms with van der Waals surface area (Å²) in [6.07, 6.45) is 4.84. The first-order valence-corrected chi connectivity index (χ1v) is 15.5. The number of aromatic nitrogens is 2. The number of fused-ring (bicyclic) bond motifs is 3. The van der Waals surface area contributed by atoms with Gasteiger partial charge in [-0.15, -0.1) is 0 Å². The average Bonchev–Trinajstić information content (AvgIpc) is 2.94. The Kier molecular flexibility index (Phi) is 7.81. The van der Waals surface area contributed by atoms with Gasteiger partial charge in [0.15, 0.2) is 5.96 Å². The average molecular weight is 597 g/mol. The normalized spacial score (nSPS) is 27.5. The molecule has 4 fully saturated rings. The molecule has 9 heteroatoms. The number of hydrogen-bond donors (Lipinski definition) is 1. The van der Waals surface area contributed by atoms with Crippen LogP contribution in [0.3, 0.4) is 0 Å². The molecule has 1 N–H and O–H groups in total. The molecular weight excluding hydrogens is 557 g/mol. The van der Waals surface area contributed by atoms with Crippen molar-refractivity contribution in [1.29, 1.82) is 0 Å². The SMILES string of the molecule is CC1CN(/C(=N\[C@H]2C[C@@H]3C[C@H]([C@@H]2C)C3(C)C)Nc2ccc3c(=O)n(CCc4ccc(Cl)cc4Cl)cnc3c2)CCO1. The van der Waals surface area contributed by atoms with Gasteiger partial charge in [0.1, 0.15) is 0 Å². The van der Waals surface area contributed by atoms with Crippen LogP contribution in [0.5, 0.6) is 0 Å². The zero-order chi connectivity index (χ0) is 28.9. The molecule has 7 nitrogen and oxygen atoms in total. The van der Waals surface area contributed by atoms with Crippen LogP contribution in [0, 0.1) is 23.2 Å². The minimum atomic E-state index is -0.0691. The molecule has 2 bridgehead atoms. The molecule has 4 aliphatic rings. The number of rotatable bonds is 5. The minimum absolute atomic E-state index is 0.0691. The highest BCUT2D eigenvalue weighted by Gasteiger charge is 2.56. The monoisotopic (exact) mass is 595 g/mol. The van der Waals surface area contributed by atoms with Gasteiger partial charge in [-0.3, -0.25) is 9.36 Å². The molecule has 1 aromatic heterocycles. The Morgan fingerprint density at radius 3 is 2.73 bits per heavy atom. The van der Waals surface area contributed by atoms with Gasteiger partial charge in [-0.2, -0.15) is 0 Å². The minimum Gasteiger partial charge on any atom is -0.375 e. The highest BCUT2D eigenvalue weighted by atomic mass is 35.5. The van der Waals surface area contributed by atoms with E-state index in [1.807, 2.05) is 30.3 Å². The lowest BCUT2D eigenvalue weighted by molar-refractivity contribution is -0.108. The van der Waals surface area contributed by atoms with E-state index in [4.69, 9.17) is 32.9 Å². The summed E-state index contributed by atoms with van der Waals surface area (Å²) in [4.78, 5) is 25.6. The van der Waals surface area contributed by atoms with Crippen molar-refractivity contribution in [3.63, 3.8) is 0 Å². The lowest BCUT2D eigenvalue weighted by Gasteiger charge is -2.61. The molecule has 1 saturated heterocycles. The molecule has 1 unspecified atom stereocenters. The van der Waals surface area contributed by atoms with E-state index in [9.17, 15) is 4.79 Å². The Bertz CT molecular complexity index is 1540. The molecule has 5 atom stereocenters. The molecule has 3 aromatic rings. The third-order valence-electron chi connectivity index (χ3n) is 9.86. The summed E-state index contributed by atoms with van der Waals surface area (Å²) in [5.41, 5.74) is 2.83. The van der Waals surface area contributed by atoms with E-state index in [0.717, 1.165) is 48.6 Å². The quantitative estimate of drug-likeness (QED) is 0.269. The molecule has 0 amide bonds. The predicted octanol–water partition coefficient (Wildman–Crippen LogP) is 6.51. The van der Waals surface area contributed by atoms with E-state index in [-0.39, 0.29) is 11.7 Å². The maximum Gasteiger partial charge on any atom is 0.261 e. The van der Waals surface area contributed by atoms with Crippen molar-refractivity contribution in [3.8, 4) is 0 Å². The molecule has 41 heavy (non-hydrogen) atoms. The van der Waals surface area contributed by atoms with Crippen LogP contribution in [0.2, 0.25) is 10.0 Å². The summed E-state index contributed by atoms with van der Waals surface area (Å²) in [5, 5.41) is 5.40. The molecule has 218 valence electrons. The largest absolute Gasteiger partial charge is 0.375 e. The van der Waals surface area contributed by atoms with E-state index < -0.39 is 0 Å². The zero-order valence-corrected chi connectivity index (χ0v) is 25.8. The van der Waals surface area contributed by atoms with Crippen molar-refractivity contribution >= 4 is 45.8 Å². The first kappa shape index (κ1) is 28.5. The van der Waals surface area contributed by atoms with Gasteiger partial charge < -0.3 is 15.0 Å². The van der Waals surface area contributed by atoms with E-state index in [1.165, 1.54) is 6.42 Å². The molecule has 3 saturated carbocycles. The molecule has 1 aliphatic heterocycles. The fraction of sp³-hybridized carbons (Fsp3) is 0.531. The molecular formula is C32H39Cl2N5O2. The number of benzene rings is 2. The molecule has 0 spiro atoms. The summed E-state index contributed by atoms with van der Waals surface area (Å²) in [5.74, 6) is 2.90. The number of guanidine groups is 1. The van der Waals surface area contributed by atoms with E-state index in [1.54, 1.807) is 17.0 Å². The number of nitrogens with zero attached hydrogens (tertiary/aromatic N) is 4. The Balaban J connectivity index is 1.23. The number of ether oxygens (including phenoxy) is 1. The molecule has 2 aromatic carbocycles. The number of halogens is 2. The van der Waals surface area contributed by atoms with Crippen LogP contribution in [0.15, 0.2) is 52.5 Å². The summed E-state index contributed by atoms with van der Waals surface area (Å²) in [6, 6.07) is 11.5. The predicted molar refractivity (Wildman–Crippen MR) is 167 cm³/mol. The molecule has 3 aliphatic carbocycles. The van der Waals surface area contributed by atoms with Gasteiger partial charge in [-0.05, 0) is 85.3 Å². The topological polar surface area (TPSA) is 71.8 Å². The highest BCUT2D eigenvalue weighted by molar-refractivity contribution is 6.35. The van der Waals surface area contributed by atoms with Crippen molar-refractivity contribution < 1.29 is 4.74 Å². The summed E-state index contributed by atoms with van der Waals surface area (Å²) < 4.78 is 7.47. The third kappa shape index (κ3) is 5.61. The van der Waals surface area contributed by atoms with Crippen LogP contribution >= 0.6 is 23.2 Å². The highest BCUT2D eigenvalue weighted by Crippen LogP contribution is 2.61.